The predicted octanol–water partition coefficient (Wildman–Crippen LogP) is 0.0505. The first-order valence-corrected chi connectivity index (χ1v) is 3.00. The van der Waals surface area contributed by atoms with Crippen LogP contribution in [0.2, 0.25) is 0 Å². The molecule has 56 valence electrons. The maximum absolute atomic E-state index is 4.96. The van der Waals surface area contributed by atoms with Crippen LogP contribution in [0.15, 0.2) is 0 Å². The summed E-state index contributed by atoms with van der Waals surface area (Å²) in [6.45, 7) is 2.02. The lowest BCUT2D eigenvalue weighted by atomic mass is 10.1. The van der Waals surface area contributed by atoms with Crippen LogP contribution in [0.25, 0.3) is 0 Å². The molecule has 0 bridgehead atoms. The van der Waals surface area contributed by atoms with E-state index in [0.29, 0.717) is 0 Å². The highest BCUT2D eigenvalue weighted by Crippen LogP contribution is 2.02. The normalized spacial score (nSPS) is 27.0. The van der Waals surface area contributed by atoms with Crippen molar-refractivity contribution in [1.82, 2.24) is 5.32 Å². The van der Waals surface area contributed by atoms with E-state index in [1.54, 1.807) is 0 Å². The number of hydrogen-bond acceptors (Lipinski definition) is 3. The molecule has 0 aliphatic carbocycles. The summed E-state index contributed by atoms with van der Waals surface area (Å²) in [6.07, 6.45) is 2.54. The van der Waals surface area contributed by atoms with Crippen LogP contribution in [-0.4, -0.2) is 19.2 Å². The summed E-state index contributed by atoms with van der Waals surface area (Å²) in [5.41, 5.74) is 0. The lowest BCUT2D eigenvalue weighted by Crippen LogP contribution is -2.36. The first kappa shape index (κ1) is 9.17. The van der Waals surface area contributed by atoms with E-state index in [4.69, 9.17) is 5.90 Å². The van der Waals surface area contributed by atoms with Gasteiger partial charge in [0.15, 0.2) is 0 Å². The van der Waals surface area contributed by atoms with Crippen LogP contribution < -0.4 is 11.2 Å². The zero-order valence-corrected chi connectivity index (χ0v) is 6.12. The van der Waals surface area contributed by atoms with Crippen molar-refractivity contribution in [3.63, 3.8) is 0 Å². The van der Waals surface area contributed by atoms with Crippen molar-refractivity contribution < 1.29 is 4.84 Å². The van der Waals surface area contributed by atoms with Crippen LogP contribution in [-0.2, 0) is 4.84 Å². The fraction of sp³-hybridized carbons (Fsp3) is 1.00. The molecule has 9 heavy (non-hydrogen) atoms. The molecule has 0 amide bonds. The second kappa shape index (κ2) is 4.99. The molecule has 1 saturated heterocycles. The van der Waals surface area contributed by atoms with Gasteiger partial charge in [0.05, 0.1) is 6.10 Å². The molecule has 4 heteroatoms. The first-order chi connectivity index (χ1) is 3.93. The summed E-state index contributed by atoms with van der Waals surface area (Å²) in [6, 6.07) is 0. The second-order valence-electron chi connectivity index (χ2n) is 2.10. The van der Waals surface area contributed by atoms with Crippen LogP contribution in [0.3, 0.4) is 0 Å². The van der Waals surface area contributed by atoms with E-state index in [1.807, 2.05) is 0 Å². The zero-order chi connectivity index (χ0) is 5.82. The van der Waals surface area contributed by atoms with Crippen molar-refractivity contribution in [2.45, 2.75) is 18.9 Å². The fourth-order valence-electron chi connectivity index (χ4n) is 0.936. The Morgan fingerprint density at radius 1 is 1.56 bits per heavy atom. The van der Waals surface area contributed by atoms with Crippen molar-refractivity contribution in [3.8, 4) is 0 Å². The van der Waals surface area contributed by atoms with E-state index in [9.17, 15) is 0 Å². The summed E-state index contributed by atoms with van der Waals surface area (Å²) in [7, 11) is 0. The van der Waals surface area contributed by atoms with Crippen LogP contribution in [0.4, 0.5) is 0 Å². The molecular weight excluding hydrogens is 140 g/mol. The largest absolute Gasteiger partial charge is 0.314 e. The van der Waals surface area contributed by atoms with Crippen LogP contribution in [0, 0.1) is 0 Å². The van der Waals surface area contributed by atoms with Gasteiger partial charge in [0.2, 0.25) is 0 Å². The van der Waals surface area contributed by atoms with Crippen LogP contribution in [0.5, 0.6) is 0 Å². The third kappa shape index (κ3) is 3.01. The van der Waals surface area contributed by atoms with Crippen molar-refractivity contribution >= 4 is 12.4 Å². The van der Waals surface area contributed by atoms with E-state index in [-0.39, 0.29) is 18.5 Å². The van der Waals surface area contributed by atoms with Gasteiger partial charge in [-0.25, -0.2) is 5.90 Å². The molecule has 3 nitrogen and oxygen atoms in total. The molecule has 0 radical (unpaired) electrons. The van der Waals surface area contributed by atoms with E-state index >= 15 is 0 Å². The smallest absolute Gasteiger partial charge is 0.0911 e. The molecule has 1 aliphatic heterocycles. The first-order valence-electron chi connectivity index (χ1n) is 3.00. The van der Waals surface area contributed by atoms with Gasteiger partial charge >= 0.3 is 0 Å². The topological polar surface area (TPSA) is 47.3 Å². The third-order valence-electron chi connectivity index (χ3n) is 1.44. The minimum absolute atomic E-state index is 0. The summed E-state index contributed by atoms with van der Waals surface area (Å²) in [5, 5.41) is 3.18. The molecule has 1 unspecified atom stereocenters. The highest BCUT2D eigenvalue weighted by molar-refractivity contribution is 5.85. The molecule has 0 aromatic carbocycles. The fourth-order valence-corrected chi connectivity index (χ4v) is 0.936. The van der Waals surface area contributed by atoms with Gasteiger partial charge in [0.25, 0.3) is 0 Å². The Morgan fingerprint density at radius 2 is 2.33 bits per heavy atom. The minimum Gasteiger partial charge on any atom is -0.314 e. The standard InChI is InChI=1S/C5H12N2O.ClH/c6-8-5-2-1-3-7-4-5;/h5,7H,1-4,6H2;1H. The monoisotopic (exact) mass is 152 g/mol. The Morgan fingerprint density at radius 3 is 2.67 bits per heavy atom. The molecule has 1 heterocycles. The van der Waals surface area contributed by atoms with Gasteiger partial charge in [0, 0.05) is 6.54 Å². The number of nitrogens with one attached hydrogen (secondary N) is 1. The van der Waals surface area contributed by atoms with E-state index in [2.05, 4.69) is 10.2 Å². The molecule has 1 aliphatic rings. The predicted molar refractivity (Wildman–Crippen MR) is 38.4 cm³/mol. The van der Waals surface area contributed by atoms with E-state index in [0.717, 1.165) is 19.5 Å². The van der Waals surface area contributed by atoms with Crippen LogP contribution in [0.1, 0.15) is 12.8 Å². The van der Waals surface area contributed by atoms with Gasteiger partial charge in [-0.3, -0.25) is 4.84 Å². The Kier molecular flexibility index (Phi) is 5.09. The molecule has 1 rings (SSSR count). The van der Waals surface area contributed by atoms with Crippen molar-refractivity contribution in [3.05, 3.63) is 0 Å². The summed E-state index contributed by atoms with van der Waals surface area (Å²) in [5.74, 6) is 4.96. The lowest BCUT2D eigenvalue weighted by molar-refractivity contribution is 0.0367. The number of piperidine rings is 1. The zero-order valence-electron chi connectivity index (χ0n) is 5.30. The molecule has 1 atom stereocenters. The lowest BCUT2D eigenvalue weighted by Gasteiger charge is -2.19. The molecule has 0 spiro atoms. The average molecular weight is 153 g/mol. The third-order valence-corrected chi connectivity index (χ3v) is 1.44. The summed E-state index contributed by atoms with van der Waals surface area (Å²) in [4.78, 5) is 4.63. The second-order valence-corrected chi connectivity index (χ2v) is 2.10. The SMILES string of the molecule is Cl.NOC1CCCNC1. The molecule has 1 fully saturated rings. The minimum atomic E-state index is 0. The summed E-state index contributed by atoms with van der Waals surface area (Å²) < 4.78 is 0. The molecular formula is C5H13ClN2O. The molecule has 3 N–H and O–H groups in total. The Hall–Kier alpha value is 0.170. The van der Waals surface area contributed by atoms with Gasteiger partial charge < -0.3 is 5.32 Å². The average Bonchev–Trinajstić information content (AvgIpc) is 1.90. The van der Waals surface area contributed by atoms with Gasteiger partial charge in [-0.15, -0.1) is 12.4 Å². The van der Waals surface area contributed by atoms with Crippen molar-refractivity contribution in [2.24, 2.45) is 5.90 Å². The maximum atomic E-state index is 4.96. The number of halogens is 1. The maximum Gasteiger partial charge on any atom is 0.0911 e. The van der Waals surface area contributed by atoms with Gasteiger partial charge in [0.1, 0.15) is 0 Å². The quantitative estimate of drug-likeness (QED) is 0.522. The van der Waals surface area contributed by atoms with E-state index in [1.165, 1.54) is 6.42 Å². The van der Waals surface area contributed by atoms with Gasteiger partial charge in [-0.05, 0) is 19.4 Å². The number of nitrogens with two attached hydrogens (primary N) is 1. The Balaban J connectivity index is 0.000000640. The molecule has 0 saturated carbocycles. The van der Waals surface area contributed by atoms with Crippen molar-refractivity contribution in [1.29, 1.82) is 0 Å². The number of hydrogen-bond donors (Lipinski definition) is 2. The number of rotatable bonds is 1. The molecule has 0 aromatic heterocycles. The summed E-state index contributed by atoms with van der Waals surface area (Å²) >= 11 is 0. The highest BCUT2D eigenvalue weighted by Gasteiger charge is 2.10. The molecule has 0 aromatic rings. The van der Waals surface area contributed by atoms with E-state index < -0.39 is 0 Å². The van der Waals surface area contributed by atoms with Crippen molar-refractivity contribution in [2.75, 3.05) is 13.1 Å². The Labute approximate surface area is 61.3 Å². The van der Waals surface area contributed by atoms with Gasteiger partial charge in [-0.1, -0.05) is 0 Å². The van der Waals surface area contributed by atoms with Gasteiger partial charge in [-0.2, -0.15) is 0 Å². The Bertz CT molecular complexity index is 66.0. The van der Waals surface area contributed by atoms with Crippen LogP contribution >= 0.6 is 12.4 Å². The highest BCUT2D eigenvalue weighted by atomic mass is 35.5.